The molecule has 128 valence electrons. The summed E-state index contributed by atoms with van der Waals surface area (Å²) < 4.78 is 6.20. The Morgan fingerprint density at radius 3 is 2.37 bits per heavy atom. The van der Waals surface area contributed by atoms with E-state index in [-0.39, 0.29) is 0 Å². The lowest BCUT2D eigenvalue weighted by Crippen LogP contribution is -2.26. The van der Waals surface area contributed by atoms with Crippen molar-refractivity contribution in [2.75, 3.05) is 0 Å². The Labute approximate surface area is 158 Å². The normalized spacial score (nSPS) is 12.3. The summed E-state index contributed by atoms with van der Waals surface area (Å²) in [6, 6.07) is 30.3. The topological polar surface area (TPSA) is 28.9 Å². The number of furan rings is 1. The summed E-state index contributed by atoms with van der Waals surface area (Å²) in [5.74, 6) is 0. The van der Waals surface area contributed by atoms with E-state index in [1.165, 1.54) is 37.4 Å². The fraction of sp³-hybridized carbons (Fsp3) is 0. The van der Waals surface area contributed by atoms with E-state index in [2.05, 4.69) is 77.8 Å². The van der Waals surface area contributed by atoms with Crippen molar-refractivity contribution in [1.82, 2.24) is 4.98 Å². The SMILES string of the molecule is c1ccc([SiH2]c2ccc3[nH]c4c(ccc5c6ccccc6oc54)c3c2)cc1. The molecule has 0 aliphatic heterocycles. The highest BCUT2D eigenvalue weighted by Gasteiger charge is 2.13. The molecule has 0 bridgehead atoms. The maximum Gasteiger partial charge on any atom is 0.159 e. The van der Waals surface area contributed by atoms with Crippen molar-refractivity contribution in [3.8, 4) is 0 Å². The summed E-state index contributed by atoms with van der Waals surface area (Å²) in [7, 11) is -0.465. The fourth-order valence-corrected chi connectivity index (χ4v) is 5.66. The molecule has 6 rings (SSSR count). The molecule has 27 heavy (non-hydrogen) atoms. The van der Waals surface area contributed by atoms with Crippen molar-refractivity contribution in [1.29, 1.82) is 0 Å². The summed E-state index contributed by atoms with van der Waals surface area (Å²) in [6.45, 7) is 0. The van der Waals surface area contributed by atoms with Gasteiger partial charge >= 0.3 is 0 Å². The summed E-state index contributed by atoms with van der Waals surface area (Å²) in [5.41, 5.74) is 4.16. The van der Waals surface area contributed by atoms with Crippen molar-refractivity contribution in [3.05, 3.63) is 84.9 Å². The number of aromatic nitrogens is 1. The molecular weight excluding hydrogens is 346 g/mol. The van der Waals surface area contributed by atoms with Gasteiger partial charge in [0.25, 0.3) is 0 Å². The fourth-order valence-electron chi connectivity index (χ4n) is 4.14. The number of hydrogen-bond acceptors (Lipinski definition) is 1. The van der Waals surface area contributed by atoms with Crippen LogP contribution in [0.15, 0.2) is 89.3 Å². The first-order valence-electron chi connectivity index (χ1n) is 9.25. The molecule has 1 N–H and O–H groups in total. The Morgan fingerprint density at radius 1 is 0.630 bits per heavy atom. The van der Waals surface area contributed by atoms with E-state index < -0.39 is 9.52 Å². The number of para-hydroxylation sites is 1. The zero-order valence-corrected chi connectivity index (χ0v) is 16.1. The van der Waals surface area contributed by atoms with Crippen LogP contribution in [-0.4, -0.2) is 14.5 Å². The zero-order valence-electron chi connectivity index (χ0n) is 14.7. The van der Waals surface area contributed by atoms with Gasteiger partial charge in [-0.05, 0) is 18.2 Å². The summed E-state index contributed by atoms with van der Waals surface area (Å²) in [4.78, 5) is 3.59. The highest BCUT2D eigenvalue weighted by molar-refractivity contribution is 6.67. The monoisotopic (exact) mass is 363 g/mol. The van der Waals surface area contributed by atoms with Gasteiger partial charge in [-0.1, -0.05) is 77.1 Å². The molecule has 2 heterocycles. The van der Waals surface area contributed by atoms with E-state index in [1.807, 2.05) is 12.1 Å². The maximum atomic E-state index is 6.20. The Morgan fingerprint density at radius 2 is 1.44 bits per heavy atom. The van der Waals surface area contributed by atoms with Gasteiger partial charge in [-0.2, -0.15) is 0 Å². The number of hydrogen-bond donors (Lipinski definition) is 1. The second kappa shape index (κ2) is 5.60. The molecule has 6 aromatic rings. The Balaban J connectivity index is 1.59. The molecule has 0 amide bonds. The number of aromatic amines is 1. The van der Waals surface area contributed by atoms with Crippen LogP contribution < -0.4 is 10.4 Å². The minimum Gasteiger partial charge on any atom is -0.454 e. The van der Waals surface area contributed by atoms with Crippen LogP contribution in [0, 0.1) is 0 Å². The molecule has 0 unspecified atom stereocenters. The van der Waals surface area contributed by atoms with Crippen LogP contribution >= 0.6 is 0 Å². The van der Waals surface area contributed by atoms with Gasteiger partial charge in [0.2, 0.25) is 0 Å². The van der Waals surface area contributed by atoms with Crippen LogP contribution in [0.5, 0.6) is 0 Å². The second-order valence-electron chi connectivity index (χ2n) is 7.13. The molecule has 2 aromatic heterocycles. The molecule has 0 aliphatic rings. The van der Waals surface area contributed by atoms with Gasteiger partial charge in [0.05, 0.1) is 15.0 Å². The van der Waals surface area contributed by atoms with Crippen LogP contribution in [0.3, 0.4) is 0 Å². The van der Waals surface area contributed by atoms with Gasteiger partial charge in [0.1, 0.15) is 5.58 Å². The Kier molecular flexibility index (Phi) is 3.07. The number of fused-ring (bicyclic) bond motifs is 7. The van der Waals surface area contributed by atoms with E-state index in [4.69, 9.17) is 4.42 Å². The summed E-state index contributed by atoms with van der Waals surface area (Å²) in [5, 5.41) is 7.79. The second-order valence-corrected chi connectivity index (χ2v) is 9.12. The molecule has 0 spiro atoms. The highest BCUT2D eigenvalue weighted by Crippen LogP contribution is 2.36. The number of H-pyrrole nitrogens is 1. The van der Waals surface area contributed by atoms with Crippen molar-refractivity contribution in [3.63, 3.8) is 0 Å². The van der Waals surface area contributed by atoms with Gasteiger partial charge in [0, 0.05) is 27.1 Å². The van der Waals surface area contributed by atoms with Gasteiger partial charge in [0.15, 0.2) is 5.58 Å². The lowest BCUT2D eigenvalue weighted by Gasteiger charge is -2.01. The minimum atomic E-state index is -0.465. The van der Waals surface area contributed by atoms with E-state index in [0.29, 0.717) is 0 Å². The van der Waals surface area contributed by atoms with Crippen LogP contribution in [-0.2, 0) is 0 Å². The molecule has 0 aliphatic carbocycles. The third kappa shape index (κ3) is 2.25. The Bertz CT molecular complexity index is 1440. The van der Waals surface area contributed by atoms with Gasteiger partial charge in [-0.25, -0.2) is 0 Å². The average Bonchev–Trinajstić information content (AvgIpc) is 3.27. The lowest BCUT2D eigenvalue weighted by molar-refractivity contribution is 0.672. The van der Waals surface area contributed by atoms with Crippen molar-refractivity contribution in [2.24, 2.45) is 0 Å². The van der Waals surface area contributed by atoms with Crippen LogP contribution in [0.2, 0.25) is 0 Å². The molecule has 4 aromatic carbocycles. The Hall–Kier alpha value is -3.30. The first-order valence-corrected chi connectivity index (χ1v) is 10.7. The molecule has 0 atom stereocenters. The van der Waals surface area contributed by atoms with Crippen molar-refractivity contribution in [2.45, 2.75) is 0 Å². The summed E-state index contributed by atoms with van der Waals surface area (Å²) in [6.07, 6.45) is 0. The molecule has 0 fully saturated rings. The molecule has 0 radical (unpaired) electrons. The van der Waals surface area contributed by atoms with E-state index in [1.54, 1.807) is 0 Å². The predicted octanol–water partition coefficient (Wildman–Crippen LogP) is 4.34. The number of nitrogens with one attached hydrogen (secondary N) is 1. The first-order chi connectivity index (χ1) is 13.4. The van der Waals surface area contributed by atoms with Gasteiger partial charge < -0.3 is 9.40 Å². The smallest absolute Gasteiger partial charge is 0.159 e. The molecule has 2 nitrogen and oxygen atoms in total. The van der Waals surface area contributed by atoms with Gasteiger partial charge in [-0.15, -0.1) is 0 Å². The molecule has 3 heteroatoms. The molecular formula is C24H17NOSi. The minimum absolute atomic E-state index is 0.465. The maximum absolute atomic E-state index is 6.20. The van der Waals surface area contributed by atoms with Crippen molar-refractivity contribution < 1.29 is 4.42 Å². The molecule has 0 saturated carbocycles. The lowest BCUT2D eigenvalue weighted by atomic mass is 10.1. The standard InChI is InChI=1S/C24H17NOSi/c1-2-6-15(7-3-1)27-16-10-13-21-20(14-16)18-11-12-19-17-8-4-5-9-22(17)26-24(19)23(18)25-21/h1-14,25H,27H2. The van der Waals surface area contributed by atoms with Crippen LogP contribution in [0.1, 0.15) is 0 Å². The van der Waals surface area contributed by atoms with Crippen LogP contribution in [0.4, 0.5) is 0 Å². The number of benzene rings is 4. The van der Waals surface area contributed by atoms with E-state index in [0.717, 1.165) is 16.7 Å². The summed E-state index contributed by atoms with van der Waals surface area (Å²) >= 11 is 0. The third-order valence-corrected chi connectivity index (χ3v) is 7.16. The molecule has 0 saturated heterocycles. The first kappa shape index (κ1) is 14.8. The van der Waals surface area contributed by atoms with Crippen LogP contribution in [0.25, 0.3) is 43.7 Å². The quantitative estimate of drug-likeness (QED) is 0.456. The predicted molar refractivity (Wildman–Crippen MR) is 117 cm³/mol. The van der Waals surface area contributed by atoms with E-state index >= 15 is 0 Å². The largest absolute Gasteiger partial charge is 0.454 e. The van der Waals surface area contributed by atoms with Gasteiger partial charge in [-0.3, -0.25) is 0 Å². The van der Waals surface area contributed by atoms with E-state index in [9.17, 15) is 0 Å². The average molecular weight is 363 g/mol. The number of rotatable bonds is 2. The third-order valence-electron chi connectivity index (χ3n) is 5.43. The zero-order chi connectivity index (χ0) is 17.8. The van der Waals surface area contributed by atoms with Crippen molar-refractivity contribution >= 4 is 63.6 Å². The highest BCUT2D eigenvalue weighted by atomic mass is 28.2.